The van der Waals surface area contributed by atoms with Gasteiger partial charge in [0.05, 0.1) is 29.1 Å². The van der Waals surface area contributed by atoms with Crippen LogP contribution in [0.2, 0.25) is 0 Å². The van der Waals surface area contributed by atoms with Crippen LogP contribution < -0.4 is 4.72 Å². The lowest BCUT2D eigenvalue weighted by atomic mass is 10.4. The van der Waals surface area contributed by atoms with E-state index in [2.05, 4.69) is 4.72 Å². The Kier molecular flexibility index (Phi) is 5.58. The van der Waals surface area contributed by atoms with Crippen molar-refractivity contribution < 1.29 is 25.7 Å². The van der Waals surface area contributed by atoms with Crippen LogP contribution in [-0.4, -0.2) is 27.2 Å². The largest absolute Gasteiger partial charge is 0.468 e. The third kappa shape index (κ3) is 4.67. The first-order chi connectivity index (χ1) is 14.2. The van der Waals surface area contributed by atoms with Crippen molar-refractivity contribution in [2.75, 3.05) is 0 Å². The van der Waals surface area contributed by atoms with Crippen LogP contribution in [-0.2, 0) is 33.1 Å². The zero-order valence-corrected chi connectivity index (χ0v) is 17.9. The van der Waals surface area contributed by atoms with Crippen molar-refractivity contribution in [1.29, 1.82) is 0 Å². The van der Waals surface area contributed by atoms with Gasteiger partial charge < -0.3 is 8.83 Å². The summed E-state index contributed by atoms with van der Waals surface area (Å²) in [6.07, 6.45) is 3.11. The highest BCUT2D eigenvalue weighted by Gasteiger charge is 2.30. The minimum atomic E-state index is -3.94. The van der Waals surface area contributed by atoms with Gasteiger partial charge in [-0.05, 0) is 68.3 Å². The average molecular weight is 451 g/mol. The van der Waals surface area contributed by atoms with E-state index in [0.717, 1.165) is 12.8 Å². The van der Waals surface area contributed by atoms with Gasteiger partial charge in [-0.1, -0.05) is 0 Å². The zero-order chi connectivity index (χ0) is 21.4. The monoisotopic (exact) mass is 450 g/mol. The second-order valence-electron chi connectivity index (χ2n) is 7.23. The summed E-state index contributed by atoms with van der Waals surface area (Å²) in [5, 5.41) is 0. The van der Waals surface area contributed by atoms with Crippen LogP contribution in [0.1, 0.15) is 30.1 Å². The number of hydrogen-bond donors (Lipinski definition) is 1. The molecule has 2 heterocycles. The maximum absolute atomic E-state index is 13.3. The third-order valence-corrected chi connectivity index (χ3v) is 8.05. The van der Waals surface area contributed by atoms with Crippen molar-refractivity contribution in [3.8, 4) is 0 Å². The minimum absolute atomic E-state index is 0.0114. The van der Waals surface area contributed by atoms with E-state index in [4.69, 9.17) is 8.83 Å². The average Bonchev–Trinajstić information content (AvgIpc) is 3.17. The summed E-state index contributed by atoms with van der Waals surface area (Å²) < 4.78 is 65.9. The molecule has 2 aromatic heterocycles. The Morgan fingerprint density at radius 2 is 1.60 bits per heavy atom. The van der Waals surface area contributed by atoms with Gasteiger partial charge in [-0.25, -0.2) is 21.6 Å². The van der Waals surface area contributed by atoms with Crippen molar-refractivity contribution >= 4 is 20.0 Å². The Bertz CT molecular complexity index is 1210. The van der Waals surface area contributed by atoms with Gasteiger partial charge in [0.15, 0.2) is 0 Å². The predicted octanol–water partition coefficient (Wildman–Crippen LogP) is 3.01. The van der Waals surface area contributed by atoms with Gasteiger partial charge in [-0.2, -0.15) is 4.31 Å². The maximum atomic E-state index is 13.3. The van der Waals surface area contributed by atoms with E-state index < -0.39 is 20.0 Å². The predicted molar refractivity (Wildman–Crippen MR) is 108 cm³/mol. The molecule has 0 amide bonds. The fourth-order valence-corrected chi connectivity index (χ4v) is 5.65. The van der Waals surface area contributed by atoms with Crippen LogP contribution >= 0.6 is 0 Å². The Hall–Kier alpha value is -2.40. The molecular weight excluding hydrogens is 428 g/mol. The molecular formula is C20H22N2O6S2. The molecule has 0 aliphatic heterocycles. The van der Waals surface area contributed by atoms with E-state index in [0.29, 0.717) is 17.3 Å². The van der Waals surface area contributed by atoms with Crippen LogP contribution in [0.25, 0.3) is 0 Å². The number of hydrogen-bond acceptors (Lipinski definition) is 6. The summed E-state index contributed by atoms with van der Waals surface area (Å²) in [5.41, 5.74) is 0. The standard InChI is InChI=1S/C20H22N2O6S2/c1-15-4-7-18(28-15)14-22(13-17-3-2-12-27-17)30(25,26)20-10-8-19(9-11-20)29(23,24)21-16-5-6-16/h2-4,7-12,16,21H,5-6,13-14H2,1H3. The first-order valence-electron chi connectivity index (χ1n) is 9.44. The molecule has 0 atom stereocenters. The van der Waals surface area contributed by atoms with E-state index in [1.54, 1.807) is 31.2 Å². The molecule has 0 spiro atoms. The molecule has 30 heavy (non-hydrogen) atoms. The summed E-state index contributed by atoms with van der Waals surface area (Å²) in [5.74, 6) is 1.66. The van der Waals surface area contributed by atoms with Gasteiger partial charge in [-0.3, -0.25) is 0 Å². The molecule has 1 saturated carbocycles. The van der Waals surface area contributed by atoms with E-state index in [1.165, 1.54) is 34.8 Å². The SMILES string of the molecule is Cc1ccc(CN(Cc2ccco2)S(=O)(=O)c2ccc(S(=O)(=O)NC3CC3)cc2)o1. The molecule has 8 nitrogen and oxygen atoms in total. The van der Waals surface area contributed by atoms with E-state index in [-0.39, 0.29) is 28.9 Å². The smallest absolute Gasteiger partial charge is 0.243 e. The summed E-state index contributed by atoms with van der Waals surface area (Å²) >= 11 is 0. The molecule has 0 bridgehead atoms. The molecule has 1 fully saturated rings. The molecule has 1 aromatic carbocycles. The number of benzene rings is 1. The quantitative estimate of drug-likeness (QED) is 0.537. The molecule has 0 saturated heterocycles. The topological polar surface area (TPSA) is 110 Å². The second-order valence-corrected chi connectivity index (χ2v) is 10.9. The minimum Gasteiger partial charge on any atom is -0.468 e. The number of aryl methyl sites for hydroxylation is 1. The Balaban J connectivity index is 1.61. The lowest BCUT2D eigenvalue weighted by molar-refractivity contribution is 0.327. The van der Waals surface area contributed by atoms with Gasteiger partial charge in [0.2, 0.25) is 20.0 Å². The molecule has 1 N–H and O–H groups in total. The summed E-state index contributed by atoms with van der Waals surface area (Å²) in [4.78, 5) is 0.0234. The highest BCUT2D eigenvalue weighted by atomic mass is 32.2. The van der Waals surface area contributed by atoms with Gasteiger partial charge in [0, 0.05) is 6.04 Å². The van der Waals surface area contributed by atoms with Crippen molar-refractivity contribution in [1.82, 2.24) is 9.03 Å². The Morgan fingerprint density at radius 1 is 0.933 bits per heavy atom. The first-order valence-corrected chi connectivity index (χ1v) is 12.4. The fraction of sp³-hybridized carbons (Fsp3) is 0.300. The third-order valence-electron chi connectivity index (χ3n) is 4.71. The van der Waals surface area contributed by atoms with Gasteiger partial charge in [0.25, 0.3) is 0 Å². The molecule has 1 aliphatic rings. The molecule has 3 aromatic rings. The molecule has 1 aliphatic carbocycles. The Morgan fingerprint density at radius 3 is 2.17 bits per heavy atom. The lowest BCUT2D eigenvalue weighted by Gasteiger charge is -2.20. The van der Waals surface area contributed by atoms with Crippen LogP contribution in [0, 0.1) is 6.92 Å². The van der Waals surface area contributed by atoms with E-state index in [9.17, 15) is 16.8 Å². The molecule has 160 valence electrons. The van der Waals surface area contributed by atoms with Crippen LogP contribution in [0.15, 0.2) is 73.4 Å². The highest BCUT2D eigenvalue weighted by molar-refractivity contribution is 7.89. The van der Waals surface area contributed by atoms with Crippen molar-refractivity contribution in [2.45, 2.75) is 48.7 Å². The fourth-order valence-electron chi connectivity index (χ4n) is 2.97. The van der Waals surface area contributed by atoms with E-state index >= 15 is 0 Å². The highest BCUT2D eigenvalue weighted by Crippen LogP contribution is 2.25. The molecule has 4 rings (SSSR count). The van der Waals surface area contributed by atoms with Crippen LogP contribution in [0.4, 0.5) is 0 Å². The number of rotatable bonds is 9. The van der Waals surface area contributed by atoms with Crippen LogP contribution in [0.5, 0.6) is 0 Å². The molecule has 0 radical (unpaired) electrons. The maximum Gasteiger partial charge on any atom is 0.243 e. The first kappa shape index (κ1) is 20.9. The lowest BCUT2D eigenvalue weighted by Crippen LogP contribution is -2.30. The Labute approximate surface area is 175 Å². The van der Waals surface area contributed by atoms with Gasteiger partial charge in [-0.15, -0.1) is 0 Å². The van der Waals surface area contributed by atoms with E-state index in [1.807, 2.05) is 0 Å². The number of nitrogens with one attached hydrogen (secondary N) is 1. The number of nitrogens with zero attached hydrogens (tertiary/aromatic N) is 1. The normalized spacial score (nSPS) is 15.0. The van der Waals surface area contributed by atoms with Crippen molar-refractivity contribution in [3.63, 3.8) is 0 Å². The van der Waals surface area contributed by atoms with Crippen molar-refractivity contribution in [3.05, 3.63) is 72.1 Å². The van der Waals surface area contributed by atoms with Gasteiger partial charge in [0.1, 0.15) is 17.3 Å². The number of sulfonamides is 2. The second kappa shape index (κ2) is 8.03. The van der Waals surface area contributed by atoms with Gasteiger partial charge >= 0.3 is 0 Å². The van der Waals surface area contributed by atoms with Crippen LogP contribution in [0.3, 0.4) is 0 Å². The summed E-state index contributed by atoms with van der Waals surface area (Å²) in [6, 6.07) is 12.1. The van der Waals surface area contributed by atoms with Crippen molar-refractivity contribution in [2.24, 2.45) is 0 Å². The summed E-state index contributed by atoms with van der Waals surface area (Å²) in [7, 11) is -7.60. The molecule has 10 heteroatoms. The molecule has 0 unspecified atom stereocenters. The zero-order valence-electron chi connectivity index (χ0n) is 16.3. The number of furan rings is 2. The summed E-state index contributed by atoms with van der Waals surface area (Å²) in [6.45, 7) is 1.81.